The monoisotopic (exact) mass is 304 g/mol. The first-order valence-electron chi connectivity index (χ1n) is 7.90. The van der Waals surface area contributed by atoms with Crippen LogP contribution in [0.5, 0.6) is 0 Å². The van der Waals surface area contributed by atoms with Crippen molar-refractivity contribution in [2.75, 3.05) is 26.7 Å². The predicted octanol–water partition coefficient (Wildman–Crippen LogP) is 1.24. The van der Waals surface area contributed by atoms with E-state index in [-0.39, 0.29) is 0 Å². The van der Waals surface area contributed by atoms with Gasteiger partial charge in [-0.1, -0.05) is 5.16 Å². The maximum atomic E-state index is 5.03. The zero-order valence-electron chi connectivity index (χ0n) is 13.3. The van der Waals surface area contributed by atoms with E-state index in [1.807, 2.05) is 19.3 Å². The molecule has 0 aromatic carbocycles. The van der Waals surface area contributed by atoms with Crippen molar-refractivity contribution in [1.29, 1.82) is 0 Å². The molecule has 22 heavy (non-hydrogen) atoms. The number of nitrogens with one attached hydrogen (secondary N) is 1. The Balaban J connectivity index is 1.39. The zero-order chi connectivity index (χ0) is 15.4. The van der Waals surface area contributed by atoms with Crippen molar-refractivity contribution < 1.29 is 4.52 Å². The summed E-state index contributed by atoms with van der Waals surface area (Å²) in [6.45, 7) is 6.03. The number of likely N-dealkylation sites (tertiary alicyclic amines) is 1. The van der Waals surface area contributed by atoms with Crippen molar-refractivity contribution >= 4 is 0 Å². The fourth-order valence-electron chi connectivity index (χ4n) is 3.05. The van der Waals surface area contributed by atoms with Gasteiger partial charge in [0.1, 0.15) is 0 Å². The summed E-state index contributed by atoms with van der Waals surface area (Å²) in [5, 5.41) is 10.8. The maximum Gasteiger partial charge on any atom is 0.223 e. The molecule has 1 saturated heterocycles. The zero-order valence-corrected chi connectivity index (χ0v) is 13.3. The van der Waals surface area contributed by atoms with E-state index in [1.54, 1.807) is 0 Å². The highest BCUT2D eigenvalue weighted by atomic mass is 16.5. The molecule has 1 unspecified atom stereocenters. The van der Waals surface area contributed by atoms with Gasteiger partial charge in [0, 0.05) is 25.7 Å². The van der Waals surface area contributed by atoms with Crippen LogP contribution >= 0.6 is 0 Å². The molecule has 1 N–H and O–H groups in total. The van der Waals surface area contributed by atoms with Gasteiger partial charge in [-0.3, -0.25) is 10.00 Å². The van der Waals surface area contributed by atoms with Crippen LogP contribution in [-0.2, 0) is 13.0 Å². The Labute approximate surface area is 130 Å². The van der Waals surface area contributed by atoms with E-state index in [9.17, 15) is 0 Å². The normalized spacial score (nSPS) is 19.3. The van der Waals surface area contributed by atoms with E-state index in [0.29, 0.717) is 11.9 Å². The van der Waals surface area contributed by atoms with E-state index in [4.69, 9.17) is 4.52 Å². The number of aromatic nitrogens is 4. The van der Waals surface area contributed by atoms with E-state index < -0.39 is 0 Å². The van der Waals surface area contributed by atoms with Crippen LogP contribution in [0.2, 0.25) is 0 Å². The third-order valence-electron chi connectivity index (χ3n) is 4.33. The van der Waals surface area contributed by atoms with Gasteiger partial charge in [-0.2, -0.15) is 10.1 Å². The Kier molecular flexibility index (Phi) is 4.84. The highest BCUT2D eigenvalue weighted by molar-refractivity contribution is 5.02. The van der Waals surface area contributed by atoms with Crippen molar-refractivity contribution in [3.63, 3.8) is 0 Å². The molecule has 0 radical (unpaired) electrons. The van der Waals surface area contributed by atoms with Crippen LogP contribution in [0.25, 0.3) is 0 Å². The molecule has 2 aromatic rings. The Morgan fingerprint density at radius 2 is 2.41 bits per heavy atom. The topological polar surface area (TPSA) is 74.1 Å². The van der Waals surface area contributed by atoms with Crippen molar-refractivity contribution in [2.24, 2.45) is 0 Å². The van der Waals surface area contributed by atoms with E-state index in [1.165, 1.54) is 24.9 Å². The van der Waals surface area contributed by atoms with Crippen LogP contribution < -0.4 is 0 Å². The summed E-state index contributed by atoms with van der Waals surface area (Å²) in [5.74, 6) is 1.41. The third-order valence-corrected chi connectivity index (χ3v) is 4.33. The lowest BCUT2D eigenvalue weighted by molar-refractivity contribution is 0.217. The number of aromatic amines is 1. The molecule has 0 amide bonds. The molecule has 7 nitrogen and oxygen atoms in total. The van der Waals surface area contributed by atoms with E-state index in [0.717, 1.165) is 31.9 Å². The average molecular weight is 304 g/mol. The minimum Gasteiger partial charge on any atom is -0.340 e. The van der Waals surface area contributed by atoms with Gasteiger partial charge in [-0.15, -0.1) is 0 Å². The fraction of sp³-hybridized carbons (Fsp3) is 0.667. The average Bonchev–Trinajstić information content (AvgIpc) is 3.21. The highest BCUT2D eigenvalue weighted by Crippen LogP contribution is 2.16. The van der Waals surface area contributed by atoms with Crippen LogP contribution in [0.4, 0.5) is 0 Å². The molecule has 3 rings (SSSR count). The van der Waals surface area contributed by atoms with Gasteiger partial charge in [0.2, 0.25) is 5.89 Å². The minimum atomic E-state index is 0.577. The SMILES string of the molecule is Cc1nc(CN(C)C2CCN(CCCc3cn[nH]c3)C2)no1. The molecule has 3 heterocycles. The van der Waals surface area contributed by atoms with Crippen LogP contribution in [0.1, 0.15) is 30.1 Å². The summed E-state index contributed by atoms with van der Waals surface area (Å²) in [7, 11) is 2.14. The quantitative estimate of drug-likeness (QED) is 0.829. The molecule has 0 aliphatic carbocycles. The Morgan fingerprint density at radius 1 is 1.50 bits per heavy atom. The molecular weight excluding hydrogens is 280 g/mol. The smallest absolute Gasteiger partial charge is 0.223 e. The lowest BCUT2D eigenvalue weighted by Crippen LogP contribution is -2.34. The second-order valence-electron chi connectivity index (χ2n) is 6.10. The van der Waals surface area contributed by atoms with Crippen LogP contribution in [0, 0.1) is 6.92 Å². The van der Waals surface area contributed by atoms with Crippen molar-refractivity contribution in [3.8, 4) is 0 Å². The van der Waals surface area contributed by atoms with Gasteiger partial charge < -0.3 is 9.42 Å². The van der Waals surface area contributed by atoms with Crippen molar-refractivity contribution in [2.45, 2.75) is 38.8 Å². The van der Waals surface area contributed by atoms with Gasteiger partial charge in [-0.25, -0.2) is 0 Å². The largest absolute Gasteiger partial charge is 0.340 e. The number of aryl methyl sites for hydroxylation is 2. The molecule has 1 atom stereocenters. The summed E-state index contributed by atoms with van der Waals surface area (Å²) >= 11 is 0. The summed E-state index contributed by atoms with van der Waals surface area (Å²) < 4.78 is 5.03. The summed E-state index contributed by atoms with van der Waals surface area (Å²) in [6, 6.07) is 0.577. The first-order valence-corrected chi connectivity index (χ1v) is 7.90. The van der Waals surface area contributed by atoms with Crippen LogP contribution in [0.15, 0.2) is 16.9 Å². The summed E-state index contributed by atoms with van der Waals surface area (Å²) in [5.41, 5.74) is 1.29. The molecular formula is C15H24N6O. The Bertz CT molecular complexity index is 566. The number of H-pyrrole nitrogens is 1. The first-order chi connectivity index (χ1) is 10.7. The number of nitrogens with zero attached hydrogens (tertiary/aromatic N) is 5. The molecule has 120 valence electrons. The van der Waals surface area contributed by atoms with Gasteiger partial charge in [-0.05, 0) is 45.0 Å². The number of hydrogen-bond acceptors (Lipinski definition) is 6. The molecule has 0 bridgehead atoms. The minimum absolute atomic E-state index is 0.577. The Morgan fingerprint density at radius 3 is 3.14 bits per heavy atom. The number of likely N-dealkylation sites (N-methyl/N-ethyl adjacent to an activating group) is 1. The molecule has 1 fully saturated rings. The van der Waals surface area contributed by atoms with Crippen molar-refractivity contribution in [1.82, 2.24) is 30.1 Å². The summed E-state index contributed by atoms with van der Waals surface area (Å²) in [4.78, 5) is 9.16. The number of rotatable bonds is 7. The predicted molar refractivity (Wildman–Crippen MR) is 82.3 cm³/mol. The molecule has 1 aliphatic rings. The lowest BCUT2D eigenvalue weighted by Gasteiger charge is -2.23. The van der Waals surface area contributed by atoms with Crippen molar-refractivity contribution in [3.05, 3.63) is 29.7 Å². The number of hydrogen-bond donors (Lipinski definition) is 1. The maximum absolute atomic E-state index is 5.03. The van der Waals surface area contributed by atoms with Gasteiger partial charge >= 0.3 is 0 Å². The second-order valence-corrected chi connectivity index (χ2v) is 6.10. The van der Waals surface area contributed by atoms with Crippen LogP contribution in [0.3, 0.4) is 0 Å². The molecule has 2 aromatic heterocycles. The third kappa shape index (κ3) is 3.92. The fourth-order valence-corrected chi connectivity index (χ4v) is 3.05. The molecule has 1 aliphatic heterocycles. The van der Waals surface area contributed by atoms with E-state index >= 15 is 0 Å². The van der Waals surface area contributed by atoms with Gasteiger partial charge in [0.15, 0.2) is 5.82 Å². The summed E-state index contributed by atoms with van der Waals surface area (Å²) in [6.07, 6.45) is 7.37. The second kappa shape index (κ2) is 7.02. The Hall–Kier alpha value is -1.73. The van der Waals surface area contributed by atoms with Gasteiger partial charge in [0.25, 0.3) is 0 Å². The standard InChI is InChI=1S/C15H24N6O/c1-12-18-15(19-22-12)11-20(2)14-5-7-21(10-14)6-3-4-13-8-16-17-9-13/h8-9,14H,3-7,10-11H2,1-2H3,(H,16,17). The van der Waals surface area contributed by atoms with E-state index in [2.05, 4.69) is 37.2 Å². The highest BCUT2D eigenvalue weighted by Gasteiger charge is 2.26. The molecule has 7 heteroatoms. The first kappa shape index (κ1) is 15.2. The molecule has 0 spiro atoms. The van der Waals surface area contributed by atoms with Gasteiger partial charge in [0.05, 0.1) is 12.7 Å². The lowest BCUT2D eigenvalue weighted by atomic mass is 10.2. The van der Waals surface area contributed by atoms with Crippen LogP contribution in [-0.4, -0.2) is 62.9 Å². The molecule has 0 saturated carbocycles.